The minimum Gasteiger partial charge on any atom is -0.264 e. The predicted octanol–water partition coefficient (Wildman–Crippen LogP) is 4.01. The van der Waals surface area contributed by atoms with Gasteiger partial charge < -0.3 is 0 Å². The second kappa shape index (κ2) is 5.37. The van der Waals surface area contributed by atoms with Crippen molar-refractivity contribution in [3.05, 3.63) is 91.0 Å². The smallest absolute Gasteiger partial charge is 0.264 e. The number of hydrogen-bond acceptors (Lipinski definition) is 4. The standard InChI is InChI=1S/C20H20N2O4/c1-13-3-7-15(8-4-13)17-11-19(17,21(23)24)20(22(25)26)12-18(20)16-9-5-14(2)6-10-16/h3-10,17-18H,11-12H2,1-2H3/t17-,18-,19-,20-/m0/s1. The number of aryl methyl sites for hydroxylation is 2. The Balaban J connectivity index is 1.74. The van der Waals surface area contributed by atoms with Crippen molar-refractivity contribution in [3.8, 4) is 0 Å². The second-order valence-electron chi connectivity index (χ2n) is 7.70. The molecule has 4 rings (SSSR count). The molecule has 26 heavy (non-hydrogen) atoms. The van der Waals surface area contributed by atoms with E-state index in [0.717, 1.165) is 22.3 Å². The minimum absolute atomic E-state index is 0.229. The van der Waals surface area contributed by atoms with E-state index < -0.39 is 22.9 Å². The molecule has 2 aromatic carbocycles. The van der Waals surface area contributed by atoms with Gasteiger partial charge in [-0.15, -0.1) is 0 Å². The van der Waals surface area contributed by atoms with Gasteiger partial charge in [-0.2, -0.15) is 0 Å². The molecule has 0 amide bonds. The van der Waals surface area contributed by atoms with Crippen LogP contribution >= 0.6 is 0 Å². The molecule has 6 nitrogen and oxygen atoms in total. The Morgan fingerprint density at radius 2 is 1.04 bits per heavy atom. The van der Waals surface area contributed by atoms with Crippen LogP contribution in [0.2, 0.25) is 0 Å². The topological polar surface area (TPSA) is 86.3 Å². The molecule has 0 bridgehead atoms. The van der Waals surface area contributed by atoms with Crippen LogP contribution in [0.4, 0.5) is 0 Å². The first-order valence-electron chi connectivity index (χ1n) is 8.75. The summed E-state index contributed by atoms with van der Waals surface area (Å²) in [5.74, 6) is -0.808. The fourth-order valence-corrected chi connectivity index (χ4v) is 4.57. The molecule has 0 spiro atoms. The number of nitro groups is 2. The lowest BCUT2D eigenvalue weighted by molar-refractivity contribution is -0.644. The van der Waals surface area contributed by atoms with E-state index in [9.17, 15) is 20.2 Å². The molecule has 2 saturated carbocycles. The van der Waals surface area contributed by atoms with Gasteiger partial charge in [0, 0.05) is 22.7 Å². The van der Waals surface area contributed by atoms with Gasteiger partial charge >= 0.3 is 0 Å². The zero-order chi connectivity index (χ0) is 18.7. The van der Waals surface area contributed by atoms with Crippen molar-refractivity contribution in [2.24, 2.45) is 0 Å². The molecule has 0 heterocycles. The van der Waals surface area contributed by atoms with Gasteiger partial charge in [0.25, 0.3) is 11.1 Å². The molecule has 0 radical (unpaired) electrons. The van der Waals surface area contributed by atoms with Crippen molar-refractivity contribution in [1.29, 1.82) is 0 Å². The molecule has 0 aromatic heterocycles. The SMILES string of the molecule is Cc1ccc([C@@H]2C[C@@]2([N+](=O)[O-])[C@]2([N+](=O)[O-])C[C@H]2c2ccc(C)cc2)cc1. The van der Waals surface area contributed by atoms with E-state index in [0.29, 0.717) is 0 Å². The molecular weight excluding hydrogens is 332 g/mol. The summed E-state index contributed by atoms with van der Waals surface area (Å²) in [6, 6.07) is 15.1. The van der Waals surface area contributed by atoms with E-state index in [1.54, 1.807) is 0 Å². The Hall–Kier alpha value is -2.76. The molecule has 0 aliphatic heterocycles. The van der Waals surface area contributed by atoms with Crippen LogP contribution in [-0.2, 0) is 0 Å². The average molecular weight is 352 g/mol. The van der Waals surface area contributed by atoms with E-state index in [-0.39, 0.29) is 22.7 Å². The highest BCUT2D eigenvalue weighted by molar-refractivity contribution is 5.45. The lowest BCUT2D eigenvalue weighted by Crippen LogP contribution is -2.46. The first-order valence-corrected chi connectivity index (χ1v) is 8.75. The summed E-state index contributed by atoms with van der Waals surface area (Å²) in [5.41, 5.74) is 0.747. The molecule has 0 saturated heterocycles. The van der Waals surface area contributed by atoms with Crippen molar-refractivity contribution in [3.63, 3.8) is 0 Å². The van der Waals surface area contributed by atoms with E-state index in [2.05, 4.69) is 0 Å². The zero-order valence-corrected chi connectivity index (χ0v) is 14.7. The molecular formula is C20H20N2O4. The molecule has 4 atom stereocenters. The molecule has 2 aromatic rings. The van der Waals surface area contributed by atoms with Gasteiger partial charge in [-0.3, -0.25) is 20.2 Å². The van der Waals surface area contributed by atoms with Crippen LogP contribution in [0.3, 0.4) is 0 Å². The summed E-state index contributed by atoms with van der Waals surface area (Å²) in [6.07, 6.45) is 0.457. The Morgan fingerprint density at radius 1 is 0.731 bits per heavy atom. The largest absolute Gasteiger partial charge is 0.298 e. The Morgan fingerprint density at radius 3 is 1.31 bits per heavy atom. The zero-order valence-electron chi connectivity index (χ0n) is 14.7. The summed E-state index contributed by atoms with van der Waals surface area (Å²) >= 11 is 0. The van der Waals surface area contributed by atoms with Crippen LogP contribution in [0.15, 0.2) is 48.5 Å². The van der Waals surface area contributed by atoms with Gasteiger partial charge in [0.05, 0.1) is 11.8 Å². The van der Waals surface area contributed by atoms with Gasteiger partial charge in [0.15, 0.2) is 0 Å². The van der Waals surface area contributed by atoms with Gasteiger partial charge in [-0.1, -0.05) is 59.7 Å². The first kappa shape index (κ1) is 16.7. The third-order valence-corrected chi connectivity index (χ3v) is 6.22. The first-order chi connectivity index (χ1) is 12.3. The van der Waals surface area contributed by atoms with Crippen LogP contribution in [0, 0.1) is 34.1 Å². The maximum absolute atomic E-state index is 12.1. The van der Waals surface area contributed by atoms with Gasteiger partial charge in [0.2, 0.25) is 0 Å². The van der Waals surface area contributed by atoms with Crippen LogP contribution in [0.25, 0.3) is 0 Å². The Kier molecular flexibility index (Phi) is 3.45. The minimum atomic E-state index is -1.51. The van der Waals surface area contributed by atoms with Crippen molar-refractivity contribution in [2.45, 2.75) is 49.6 Å². The third kappa shape index (κ3) is 2.11. The lowest BCUT2D eigenvalue weighted by Gasteiger charge is -2.16. The predicted molar refractivity (Wildman–Crippen MR) is 96.5 cm³/mol. The van der Waals surface area contributed by atoms with Gasteiger partial charge in [-0.25, -0.2) is 0 Å². The molecule has 6 heteroatoms. The van der Waals surface area contributed by atoms with Crippen LogP contribution in [0.1, 0.15) is 46.9 Å². The summed E-state index contributed by atoms with van der Waals surface area (Å²) < 4.78 is 0. The number of nitrogens with zero attached hydrogens (tertiary/aromatic N) is 2. The van der Waals surface area contributed by atoms with E-state index in [1.807, 2.05) is 62.4 Å². The fourth-order valence-electron chi connectivity index (χ4n) is 4.57. The molecule has 2 fully saturated rings. The van der Waals surface area contributed by atoms with Crippen molar-refractivity contribution in [2.75, 3.05) is 0 Å². The summed E-state index contributed by atoms with van der Waals surface area (Å²) in [4.78, 5) is 23.4. The van der Waals surface area contributed by atoms with Crippen molar-refractivity contribution in [1.82, 2.24) is 0 Å². The molecule has 2 aliphatic carbocycles. The highest BCUT2D eigenvalue weighted by Crippen LogP contribution is 2.73. The van der Waals surface area contributed by atoms with E-state index in [4.69, 9.17) is 0 Å². The normalized spacial score (nSPS) is 32.1. The molecule has 2 aliphatic rings. The number of hydrogen-bond donors (Lipinski definition) is 0. The van der Waals surface area contributed by atoms with Crippen LogP contribution in [-0.4, -0.2) is 20.9 Å². The van der Waals surface area contributed by atoms with Crippen LogP contribution < -0.4 is 0 Å². The number of benzene rings is 2. The van der Waals surface area contributed by atoms with Crippen LogP contribution in [0.5, 0.6) is 0 Å². The summed E-state index contributed by atoms with van der Waals surface area (Å²) in [7, 11) is 0. The van der Waals surface area contributed by atoms with Crippen molar-refractivity contribution < 1.29 is 9.85 Å². The quantitative estimate of drug-likeness (QED) is 0.601. The molecule has 134 valence electrons. The summed E-state index contributed by atoms with van der Waals surface area (Å²) in [5, 5.41) is 24.1. The fraction of sp³-hybridized carbons (Fsp3) is 0.400. The molecule has 0 N–H and O–H groups in total. The third-order valence-electron chi connectivity index (χ3n) is 6.22. The molecule has 0 unspecified atom stereocenters. The monoisotopic (exact) mass is 352 g/mol. The Bertz CT molecular complexity index is 818. The highest BCUT2D eigenvalue weighted by Gasteiger charge is 2.93. The van der Waals surface area contributed by atoms with E-state index in [1.165, 1.54) is 0 Å². The Labute approximate surface area is 151 Å². The highest BCUT2D eigenvalue weighted by atomic mass is 16.7. The maximum atomic E-state index is 12.1. The number of rotatable bonds is 5. The van der Waals surface area contributed by atoms with E-state index >= 15 is 0 Å². The van der Waals surface area contributed by atoms with Crippen molar-refractivity contribution >= 4 is 0 Å². The van der Waals surface area contributed by atoms with Gasteiger partial charge in [0.1, 0.15) is 0 Å². The van der Waals surface area contributed by atoms with Gasteiger partial charge in [-0.05, 0) is 25.0 Å². The lowest BCUT2D eigenvalue weighted by atomic mass is 9.93. The maximum Gasteiger partial charge on any atom is 0.298 e. The summed E-state index contributed by atoms with van der Waals surface area (Å²) in [6.45, 7) is 3.90. The average Bonchev–Trinajstić information content (AvgIpc) is 3.48. The second-order valence-corrected chi connectivity index (χ2v) is 7.70.